The minimum absolute atomic E-state index is 0.152. The zero-order valence-electron chi connectivity index (χ0n) is 13.0. The number of methoxy groups -OCH3 is 1. The van der Waals surface area contributed by atoms with Crippen LogP contribution in [0.15, 0.2) is 0 Å². The zero-order valence-corrected chi connectivity index (χ0v) is 13.0. The quantitative estimate of drug-likeness (QED) is 0.752. The first-order valence-electron chi connectivity index (χ1n) is 7.56. The van der Waals surface area contributed by atoms with E-state index in [2.05, 4.69) is 19.2 Å². The molecule has 20 heavy (non-hydrogen) atoms. The molecule has 1 N–H and O–H groups in total. The molecule has 1 aliphatic carbocycles. The number of ether oxygens (including phenoxy) is 3. The zero-order chi connectivity index (χ0) is 14.8. The van der Waals surface area contributed by atoms with Crippen molar-refractivity contribution >= 4 is 5.97 Å². The Morgan fingerprint density at radius 3 is 2.40 bits per heavy atom. The third-order valence-electron chi connectivity index (χ3n) is 4.00. The molecule has 2 rings (SSSR count). The molecule has 0 bridgehead atoms. The molecule has 3 unspecified atom stereocenters. The van der Waals surface area contributed by atoms with Gasteiger partial charge in [0, 0.05) is 6.04 Å². The highest BCUT2D eigenvalue weighted by Crippen LogP contribution is 2.26. The number of carbonyl (C=O) groups is 1. The molecular weight excluding hydrogens is 258 g/mol. The summed E-state index contributed by atoms with van der Waals surface area (Å²) >= 11 is 0. The molecule has 0 radical (unpaired) electrons. The van der Waals surface area contributed by atoms with Gasteiger partial charge in [0.2, 0.25) is 0 Å². The molecule has 1 saturated carbocycles. The van der Waals surface area contributed by atoms with E-state index in [1.54, 1.807) is 0 Å². The smallest absolute Gasteiger partial charge is 0.328 e. The van der Waals surface area contributed by atoms with Gasteiger partial charge in [-0.15, -0.1) is 0 Å². The van der Waals surface area contributed by atoms with E-state index in [9.17, 15) is 4.79 Å². The summed E-state index contributed by atoms with van der Waals surface area (Å²) in [5.74, 6) is -0.252. The van der Waals surface area contributed by atoms with Crippen LogP contribution < -0.4 is 5.32 Å². The topological polar surface area (TPSA) is 56.8 Å². The molecule has 0 aromatic heterocycles. The maximum absolute atomic E-state index is 12.0. The van der Waals surface area contributed by atoms with Gasteiger partial charge < -0.3 is 14.2 Å². The van der Waals surface area contributed by atoms with Gasteiger partial charge in [-0.05, 0) is 46.5 Å². The first-order valence-corrected chi connectivity index (χ1v) is 7.56. The van der Waals surface area contributed by atoms with Gasteiger partial charge >= 0.3 is 5.97 Å². The molecule has 2 aliphatic rings. The summed E-state index contributed by atoms with van der Waals surface area (Å²) in [5, 5.41) is 3.35. The van der Waals surface area contributed by atoms with Gasteiger partial charge in [0.15, 0.2) is 0 Å². The Kier molecular flexibility index (Phi) is 5.04. The van der Waals surface area contributed by atoms with Gasteiger partial charge in [-0.3, -0.25) is 5.32 Å². The van der Waals surface area contributed by atoms with Gasteiger partial charge in [-0.25, -0.2) is 4.79 Å². The summed E-state index contributed by atoms with van der Waals surface area (Å²) in [6, 6.07) is 0.426. The Morgan fingerprint density at radius 2 is 1.90 bits per heavy atom. The number of esters is 1. The standard InChI is InChI=1S/C15H27NO4/c1-10-7-13(8-11(2)20-10)19-9-15(3,14(17)18-4)16-12-5-6-12/h10-13,16H,5-9H2,1-4H3. The highest BCUT2D eigenvalue weighted by molar-refractivity contribution is 5.80. The minimum Gasteiger partial charge on any atom is -0.468 e. The van der Waals surface area contributed by atoms with E-state index in [4.69, 9.17) is 14.2 Å². The van der Waals surface area contributed by atoms with Crippen molar-refractivity contribution in [1.82, 2.24) is 5.32 Å². The van der Waals surface area contributed by atoms with Crippen LogP contribution in [-0.4, -0.2) is 49.6 Å². The highest BCUT2D eigenvalue weighted by Gasteiger charge is 2.40. The van der Waals surface area contributed by atoms with Crippen molar-refractivity contribution in [3.05, 3.63) is 0 Å². The van der Waals surface area contributed by atoms with Crippen LogP contribution in [0.2, 0.25) is 0 Å². The molecule has 5 heteroatoms. The fourth-order valence-corrected chi connectivity index (χ4v) is 2.83. The van der Waals surface area contributed by atoms with Gasteiger partial charge in [-0.1, -0.05) is 0 Å². The molecular formula is C15H27NO4. The molecule has 3 atom stereocenters. The summed E-state index contributed by atoms with van der Waals surface area (Å²) in [4.78, 5) is 12.0. The summed E-state index contributed by atoms with van der Waals surface area (Å²) in [7, 11) is 1.42. The molecule has 0 amide bonds. The lowest BCUT2D eigenvalue weighted by molar-refractivity contribution is -0.155. The molecule has 116 valence electrons. The third-order valence-corrected chi connectivity index (χ3v) is 4.00. The van der Waals surface area contributed by atoms with E-state index in [0.717, 1.165) is 25.7 Å². The monoisotopic (exact) mass is 285 g/mol. The van der Waals surface area contributed by atoms with Crippen molar-refractivity contribution in [3.8, 4) is 0 Å². The Hall–Kier alpha value is -0.650. The van der Waals surface area contributed by atoms with Crippen molar-refractivity contribution in [1.29, 1.82) is 0 Å². The largest absolute Gasteiger partial charge is 0.468 e. The van der Waals surface area contributed by atoms with Crippen molar-refractivity contribution in [3.63, 3.8) is 0 Å². The number of hydrogen-bond donors (Lipinski definition) is 1. The predicted octanol–water partition coefficient (Wildman–Crippen LogP) is 1.64. The van der Waals surface area contributed by atoms with E-state index in [-0.39, 0.29) is 24.3 Å². The second-order valence-electron chi connectivity index (χ2n) is 6.40. The number of rotatable bonds is 6. The van der Waals surface area contributed by atoms with Crippen LogP contribution in [0.5, 0.6) is 0 Å². The Bertz CT molecular complexity index is 335. The maximum Gasteiger partial charge on any atom is 0.328 e. The fraction of sp³-hybridized carbons (Fsp3) is 0.933. The van der Waals surface area contributed by atoms with Crippen molar-refractivity contribution in [2.75, 3.05) is 13.7 Å². The molecule has 2 fully saturated rings. The second kappa shape index (κ2) is 6.41. The molecule has 0 aromatic carbocycles. The van der Waals surface area contributed by atoms with Gasteiger partial charge in [-0.2, -0.15) is 0 Å². The maximum atomic E-state index is 12.0. The van der Waals surface area contributed by atoms with E-state index in [0.29, 0.717) is 12.6 Å². The van der Waals surface area contributed by atoms with Crippen molar-refractivity contribution < 1.29 is 19.0 Å². The van der Waals surface area contributed by atoms with E-state index < -0.39 is 5.54 Å². The molecule has 0 aromatic rings. The molecule has 1 aliphatic heterocycles. The van der Waals surface area contributed by atoms with E-state index in [1.165, 1.54) is 7.11 Å². The van der Waals surface area contributed by atoms with Crippen molar-refractivity contribution in [2.45, 2.75) is 76.3 Å². The second-order valence-corrected chi connectivity index (χ2v) is 6.40. The van der Waals surface area contributed by atoms with Crippen LogP contribution in [0.3, 0.4) is 0 Å². The lowest BCUT2D eigenvalue weighted by Crippen LogP contribution is -2.55. The summed E-state index contributed by atoms with van der Waals surface area (Å²) in [6.45, 7) is 6.34. The summed E-state index contributed by atoms with van der Waals surface area (Å²) in [6.07, 6.45) is 4.58. The predicted molar refractivity (Wildman–Crippen MR) is 75.6 cm³/mol. The van der Waals surface area contributed by atoms with Crippen LogP contribution in [0.1, 0.15) is 46.5 Å². The van der Waals surface area contributed by atoms with E-state index in [1.807, 2.05) is 6.92 Å². The Morgan fingerprint density at radius 1 is 1.30 bits per heavy atom. The third kappa shape index (κ3) is 4.17. The summed E-state index contributed by atoms with van der Waals surface area (Å²) in [5.41, 5.74) is -0.749. The average Bonchev–Trinajstić information content (AvgIpc) is 3.18. The van der Waals surface area contributed by atoms with Crippen LogP contribution >= 0.6 is 0 Å². The molecule has 1 saturated heterocycles. The lowest BCUT2D eigenvalue weighted by Gasteiger charge is -2.35. The van der Waals surface area contributed by atoms with Crippen LogP contribution in [0.25, 0.3) is 0 Å². The van der Waals surface area contributed by atoms with Gasteiger partial charge in [0.05, 0.1) is 32.0 Å². The molecule has 5 nitrogen and oxygen atoms in total. The average molecular weight is 285 g/mol. The lowest BCUT2D eigenvalue weighted by atomic mass is 10.0. The van der Waals surface area contributed by atoms with E-state index >= 15 is 0 Å². The number of nitrogens with one attached hydrogen (secondary N) is 1. The first kappa shape index (κ1) is 15.7. The first-order chi connectivity index (χ1) is 9.43. The highest BCUT2D eigenvalue weighted by atomic mass is 16.5. The number of carbonyl (C=O) groups excluding carboxylic acids is 1. The Labute approximate surface area is 121 Å². The van der Waals surface area contributed by atoms with Gasteiger partial charge in [0.1, 0.15) is 5.54 Å². The van der Waals surface area contributed by atoms with Crippen LogP contribution in [-0.2, 0) is 19.0 Å². The van der Waals surface area contributed by atoms with Crippen LogP contribution in [0, 0.1) is 0 Å². The number of hydrogen-bond acceptors (Lipinski definition) is 5. The molecule has 1 heterocycles. The normalized spacial score (nSPS) is 33.5. The van der Waals surface area contributed by atoms with Gasteiger partial charge in [0.25, 0.3) is 0 Å². The van der Waals surface area contributed by atoms with Crippen molar-refractivity contribution in [2.24, 2.45) is 0 Å². The molecule has 0 spiro atoms. The summed E-state index contributed by atoms with van der Waals surface area (Å²) < 4.78 is 16.6. The van der Waals surface area contributed by atoms with Crippen LogP contribution in [0.4, 0.5) is 0 Å². The fourth-order valence-electron chi connectivity index (χ4n) is 2.83. The Balaban J connectivity index is 1.88. The SMILES string of the molecule is COC(=O)C(C)(COC1CC(C)OC(C)C1)NC1CC1. The minimum atomic E-state index is -0.749.